The molecule has 0 unspecified atom stereocenters. The van der Waals surface area contributed by atoms with Crippen LogP contribution in [0.25, 0.3) is 0 Å². The molecule has 1 saturated carbocycles. The predicted molar refractivity (Wildman–Crippen MR) is 82.2 cm³/mol. The van der Waals surface area contributed by atoms with Gasteiger partial charge in [-0.3, -0.25) is 4.79 Å². The van der Waals surface area contributed by atoms with Crippen LogP contribution in [0, 0.1) is 19.8 Å². The van der Waals surface area contributed by atoms with Crippen molar-refractivity contribution in [2.45, 2.75) is 52.0 Å². The van der Waals surface area contributed by atoms with Crippen LogP contribution in [0.2, 0.25) is 0 Å². The van der Waals surface area contributed by atoms with Crippen LogP contribution in [0.15, 0.2) is 0 Å². The summed E-state index contributed by atoms with van der Waals surface area (Å²) in [5.74, 6) is 0.677. The van der Waals surface area contributed by atoms with Gasteiger partial charge in [0.15, 0.2) is 5.13 Å². The van der Waals surface area contributed by atoms with Crippen LogP contribution in [0.5, 0.6) is 0 Å². The molecule has 5 heteroatoms. The number of rotatable bonds is 4. The maximum absolute atomic E-state index is 12.1. The van der Waals surface area contributed by atoms with Crippen LogP contribution >= 0.6 is 11.3 Å². The van der Waals surface area contributed by atoms with Crippen molar-refractivity contribution in [1.82, 2.24) is 9.88 Å². The Kier molecular flexibility index (Phi) is 4.08. The molecule has 1 aliphatic carbocycles. The number of thiazole rings is 1. The van der Waals surface area contributed by atoms with E-state index < -0.39 is 0 Å². The molecule has 110 valence electrons. The smallest absolute Gasteiger partial charge is 0.226 e. The summed E-state index contributed by atoms with van der Waals surface area (Å²) < 4.78 is 0. The summed E-state index contributed by atoms with van der Waals surface area (Å²) in [6.07, 6.45) is 5.75. The van der Waals surface area contributed by atoms with Gasteiger partial charge in [0.05, 0.1) is 5.69 Å². The van der Waals surface area contributed by atoms with E-state index in [0.717, 1.165) is 16.9 Å². The summed E-state index contributed by atoms with van der Waals surface area (Å²) in [5, 5.41) is 3.70. The molecule has 1 aliphatic heterocycles. The van der Waals surface area contributed by atoms with Gasteiger partial charge in [0.25, 0.3) is 0 Å². The summed E-state index contributed by atoms with van der Waals surface area (Å²) in [6.45, 7) is 6.38. The zero-order chi connectivity index (χ0) is 14.1. The van der Waals surface area contributed by atoms with Gasteiger partial charge in [0.1, 0.15) is 0 Å². The lowest BCUT2D eigenvalue weighted by molar-refractivity contribution is -0.117. The van der Waals surface area contributed by atoms with Gasteiger partial charge in [0, 0.05) is 17.3 Å². The van der Waals surface area contributed by atoms with Gasteiger partial charge < -0.3 is 10.2 Å². The number of nitrogens with one attached hydrogen (secondary N) is 1. The molecule has 20 heavy (non-hydrogen) atoms. The summed E-state index contributed by atoms with van der Waals surface area (Å²) in [4.78, 5) is 20.2. The fourth-order valence-electron chi connectivity index (χ4n) is 2.92. The highest BCUT2D eigenvalue weighted by Gasteiger charge is 2.32. The number of likely N-dealkylation sites (tertiary alicyclic amines) is 1. The molecule has 0 bridgehead atoms. The number of hydrogen-bond donors (Lipinski definition) is 1. The van der Waals surface area contributed by atoms with Crippen LogP contribution in [0.4, 0.5) is 5.13 Å². The largest absolute Gasteiger partial charge is 0.302 e. The fourth-order valence-corrected chi connectivity index (χ4v) is 3.75. The average Bonchev–Trinajstić information content (AvgIpc) is 3.19. The normalized spacial score (nSPS) is 21.1. The van der Waals surface area contributed by atoms with Crippen LogP contribution < -0.4 is 5.32 Å². The second kappa shape index (κ2) is 5.82. The molecule has 2 fully saturated rings. The van der Waals surface area contributed by atoms with E-state index in [4.69, 9.17) is 0 Å². The Morgan fingerprint density at radius 2 is 2.00 bits per heavy atom. The van der Waals surface area contributed by atoms with Crippen LogP contribution in [0.1, 0.15) is 42.7 Å². The van der Waals surface area contributed by atoms with E-state index in [0.29, 0.717) is 12.3 Å². The van der Waals surface area contributed by atoms with E-state index in [-0.39, 0.29) is 5.91 Å². The minimum atomic E-state index is 0.128. The first-order valence-corrected chi connectivity index (χ1v) is 8.41. The third-order valence-electron chi connectivity index (χ3n) is 4.46. The zero-order valence-corrected chi connectivity index (χ0v) is 13.1. The molecular weight excluding hydrogens is 270 g/mol. The molecule has 3 rings (SSSR count). The van der Waals surface area contributed by atoms with E-state index in [1.54, 1.807) is 11.3 Å². The summed E-state index contributed by atoms with van der Waals surface area (Å²) >= 11 is 1.57. The Labute approximate surface area is 124 Å². The Bertz CT molecular complexity index is 468. The van der Waals surface area contributed by atoms with Gasteiger partial charge in [-0.2, -0.15) is 0 Å². The summed E-state index contributed by atoms with van der Waals surface area (Å²) in [6, 6.07) is 0.867. The molecule has 0 atom stereocenters. The topological polar surface area (TPSA) is 45.2 Å². The predicted octanol–water partition coefficient (Wildman–Crippen LogP) is 2.96. The second-order valence-electron chi connectivity index (χ2n) is 6.12. The average molecular weight is 293 g/mol. The number of amides is 1. The molecular formula is C15H23N3OS. The Morgan fingerprint density at radius 1 is 1.30 bits per heavy atom. The summed E-state index contributed by atoms with van der Waals surface area (Å²) in [5.41, 5.74) is 1.02. The van der Waals surface area contributed by atoms with Gasteiger partial charge in [-0.15, -0.1) is 11.3 Å². The summed E-state index contributed by atoms with van der Waals surface area (Å²) in [7, 11) is 0. The lowest BCUT2D eigenvalue weighted by Gasteiger charge is -2.31. The van der Waals surface area contributed by atoms with Crippen molar-refractivity contribution in [3.8, 4) is 0 Å². The van der Waals surface area contributed by atoms with Gasteiger partial charge in [-0.1, -0.05) is 0 Å². The van der Waals surface area contributed by atoms with Crippen molar-refractivity contribution in [2.75, 3.05) is 18.4 Å². The third kappa shape index (κ3) is 3.38. The number of aryl methyl sites for hydroxylation is 2. The number of nitrogens with zero attached hydrogens (tertiary/aromatic N) is 2. The minimum Gasteiger partial charge on any atom is -0.302 e. The maximum Gasteiger partial charge on any atom is 0.226 e. The molecule has 4 nitrogen and oxygen atoms in total. The Hall–Kier alpha value is -0.940. The minimum absolute atomic E-state index is 0.128. The highest BCUT2D eigenvalue weighted by Crippen LogP contribution is 2.31. The van der Waals surface area contributed by atoms with E-state index in [1.807, 2.05) is 13.8 Å². The van der Waals surface area contributed by atoms with Crippen molar-refractivity contribution in [3.05, 3.63) is 10.6 Å². The van der Waals surface area contributed by atoms with Crippen molar-refractivity contribution >= 4 is 22.4 Å². The van der Waals surface area contributed by atoms with E-state index in [2.05, 4.69) is 15.2 Å². The third-order valence-corrected chi connectivity index (χ3v) is 5.45. The number of piperidine rings is 1. The van der Waals surface area contributed by atoms with E-state index >= 15 is 0 Å². The molecule has 0 radical (unpaired) electrons. The number of carbonyl (C=O) groups excluding carboxylic acids is 1. The molecule has 2 heterocycles. The van der Waals surface area contributed by atoms with Gasteiger partial charge in [-0.25, -0.2) is 4.98 Å². The van der Waals surface area contributed by atoms with Crippen LogP contribution in [-0.4, -0.2) is 34.9 Å². The Balaban J connectivity index is 1.44. The maximum atomic E-state index is 12.1. The highest BCUT2D eigenvalue weighted by atomic mass is 32.1. The number of hydrogen-bond acceptors (Lipinski definition) is 4. The lowest BCUT2D eigenvalue weighted by atomic mass is 9.93. The quantitative estimate of drug-likeness (QED) is 0.928. The molecule has 1 amide bonds. The second-order valence-corrected chi connectivity index (χ2v) is 7.33. The van der Waals surface area contributed by atoms with Crippen molar-refractivity contribution < 1.29 is 4.79 Å². The van der Waals surface area contributed by atoms with Crippen LogP contribution in [0.3, 0.4) is 0 Å². The lowest BCUT2D eigenvalue weighted by Crippen LogP contribution is -2.36. The standard InChI is InChI=1S/C15H23N3OS/c1-10-11(2)20-15(16-10)17-14(19)9-12-5-7-18(8-6-12)13-3-4-13/h12-13H,3-9H2,1-2H3,(H,16,17,19). The first kappa shape index (κ1) is 14.0. The SMILES string of the molecule is Cc1nc(NC(=O)CC2CCN(C3CC3)CC2)sc1C. The van der Waals surface area contributed by atoms with E-state index in [1.165, 1.54) is 43.6 Å². The number of aromatic nitrogens is 1. The van der Waals surface area contributed by atoms with E-state index in [9.17, 15) is 4.79 Å². The molecule has 1 aromatic heterocycles. The van der Waals surface area contributed by atoms with Crippen LogP contribution in [-0.2, 0) is 4.79 Å². The Morgan fingerprint density at radius 3 is 2.55 bits per heavy atom. The molecule has 0 aromatic carbocycles. The van der Waals surface area contributed by atoms with Crippen molar-refractivity contribution in [1.29, 1.82) is 0 Å². The molecule has 1 aromatic rings. The first-order valence-electron chi connectivity index (χ1n) is 7.60. The fraction of sp³-hybridized carbons (Fsp3) is 0.733. The monoisotopic (exact) mass is 293 g/mol. The number of anilines is 1. The zero-order valence-electron chi connectivity index (χ0n) is 12.3. The molecule has 1 saturated heterocycles. The van der Waals surface area contributed by atoms with Gasteiger partial charge >= 0.3 is 0 Å². The first-order chi connectivity index (χ1) is 9.61. The van der Waals surface area contributed by atoms with Crippen molar-refractivity contribution in [3.63, 3.8) is 0 Å². The molecule has 2 aliphatic rings. The number of carbonyl (C=O) groups is 1. The van der Waals surface area contributed by atoms with Gasteiger partial charge in [-0.05, 0) is 58.5 Å². The van der Waals surface area contributed by atoms with Crippen molar-refractivity contribution in [2.24, 2.45) is 5.92 Å². The highest BCUT2D eigenvalue weighted by molar-refractivity contribution is 7.15. The molecule has 1 N–H and O–H groups in total. The molecule has 0 spiro atoms. The van der Waals surface area contributed by atoms with Gasteiger partial charge in [0.2, 0.25) is 5.91 Å².